The molecule has 9 nitrogen and oxygen atoms in total. The van der Waals surface area contributed by atoms with E-state index in [1.54, 1.807) is 19.2 Å². The number of fused-ring (bicyclic) bond motifs is 1. The molecular weight excluding hydrogens is 366 g/mol. The van der Waals surface area contributed by atoms with Crippen LogP contribution < -0.4 is 10.3 Å². The molecule has 3 rings (SSSR count). The van der Waals surface area contributed by atoms with Crippen LogP contribution in [-0.2, 0) is 11.3 Å². The monoisotopic (exact) mass is 383 g/mol. The summed E-state index contributed by atoms with van der Waals surface area (Å²) in [5, 5.41) is 11.2. The van der Waals surface area contributed by atoms with Crippen LogP contribution in [0.3, 0.4) is 0 Å². The summed E-state index contributed by atoms with van der Waals surface area (Å²) in [5.41, 5.74) is 0.940. The van der Waals surface area contributed by atoms with Gasteiger partial charge in [0.15, 0.2) is 5.75 Å². The van der Waals surface area contributed by atoms with Crippen molar-refractivity contribution in [3.8, 4) is 5.75 Å². The van der Waals surface area contributed by atoms with Gasteiger partial charge in [-0.3, -0.25) is 19.3 Å². The van der Waals surface area contributed by atoms with Crippen molar-refractivity contribution < 1.29 is 19.2 Å². The first-order chi connectivity index (χ1) is 13.4. The molecule has 0 aliphatic rings. The zero-order valence-electron chi connectivity index (χ0n) is 15.2. The maximum absolute atomic E-state index is 12.3. The number of rotatable bonds is 6. The summed E-state index contributed by atoms with van der Waals surface area (Å²) in [5.74, 6) is -0.693. The van der Waals surface area contributed by atoms with Gasteiger partial charge in [-0.25, -0.2) is 9.78 Å². The summed E-state index contributed by atoms with van der Waals surface area (Å²) in [6.45, 7) is 3.54. The highest BCUT2D eigenvalue weighted by Crippen LogP contribution is 2.28. The second kappa shape index (κ2) is 7.87. The van der Waals surface area contributed by atoms with Crippen molar-refractivity contribution in [3.05, 3.63) is 79.9 Å². The van der Waals surface area contributed by atoms with Crippen LogP contribution in [0.5, 0.6) is 5.75 Å². The molecule has 3 aromatic rings. The molecule has 0 spiro atoms. The van der Waals surface area contributed by atoms with E-state index in [0.29, 0.717) is 5.65 Å². The van der Waals surface area contributed by atoms with E-state index in [9.17, 15) is 19.7 Å². The van der Waals surface area contributed by atoms with Crippen LogP contribution in [0.4, 0.5) is 5.69 Å². The first kappa shape index (κ1) is 19.0. The van der Waals surface area contributed by atoms with Crippen molar-refractivity contribution in [1.82, 2.24) is 9.38 Å². The van der Waals surface area contributed by atoms with E-state index < -0.39 is 10.9 Å². The summed E-state index contributed by atoms with van der Waals surface area (Å²) >= 11 is 0. The Bertz CT molecular complexity index is 1120. The molecule has 1 aromatic carbocycles. The minimum absolute atomic E-state index is 0.00356. The largest absolute Gasteiger partial charge is 0.487 e. The van der Waals surface area contributed by atoms with Gasteiger partial charge in [-0.15, -0.1) is 0 Å². The summed E-state index contributed by atoms with van der Waals surface area (Å²) in [6.07, 6.45) is 1.60. The molecule has 0 saturated carbocycles. The average Bonchev–Trinajstić information content (AvgIpc) is 2.67. The number of ether oxygens (including phenoxy) is 2. The summed E-state index contributed by atoms with van der Waals surface area (Å²) in [4.78, 5) is 39.3. The number of pyridine rings is 1. The minimum atomic E-state index is -0.766. The highest BCUT2D eigenvalue weighted by Gasteiger charge is 2.19. The van der Waals surface area contributed by atoms with Gasteiger partial charge in [-0.1, -0.05) is 6.07 Å². The Kier molecular flexibility index (Phi) is 5.35. The third kappa shape index (κ3) is 3.83. The molecule has 0 aliphatic heterocycles. The van der Waals surface area contributed by atoms with Crippen molar-refractivity contribution in [3.63, 3.8) is 0 Å². The molecule has 0 atom stereocenters. The Morgan fingerprint density at radius 2 is 2.07 bits per heavy atom. The second-order valence-corrected chi connectivity index (χ2v) is 5.92. The molecule has 28 heavy (non-hydrogen) atoms. The fourth-order valence-corrected chi connectivity index (χ4v) is 2.67. The summed E-state index contributed by atoms with van der Waals surface area (Å²) < 4.78 is 11.8. The van der Waals surface area contributed by atoms with Crippen LogP contribution in [-0.4, -0.2) is 26.9 Å². The van der Waals surface area contributed by atoms with Gasteiger partial charge in [0.25, 0.3) is 5.56 Å². The maximum Gasteiger partial charge on any atom is 0.338 e. The van der Waals surface area contributed by atoms with Crippen LogP contribution in [0, 0.1) is 17.0 Å². The zero-order valence-corrected chi connectivity index (χ0v) is 15.2. The zero-order chi connectivity index (χ0) is 20.3. The molecule has 9 heteroatoms. The third-order valence-electron chi connectivity index (χ3n) is 3.98. The van der Waals surface area contributed by atoms with E-state index in [2.05, 4.69) is 4.98 Å². The molecule has 0 amide bonds. The molecule has 0 bridgehead atoms. The molecule has 0 aliphatic carbocycles. The van der Waals surface area contributed by atoms with E-state index >= 15 is 0 Å². The molecule has 0 saturated heterocycles. The molecule has 0 fully saturated rings. The quantitative estimate of drug-likeness (QED) is 0.365. The topological polar surface area (TPSA) is 113 Å². The third-order valence-corrected chi connectivity index (χ3v) is 3.98. The Labute approximate surface area is 159 Å². The van der Waals surface area contributed by atoms with Gasteiger partial charge < -0.3 is 9.47 Å². The van der Waals surface area contributed by atoms with Gasteiger partial charge in [-0.2, -0.15) is 0 Å². The van der Waals surface area contributed by atoms with Crippen LogP contribution in [0.25, 0.3) is 5.65 Å². The first-order valence-corrected chi connectivity index (χ1v) is 8.47. The van der Waals surface area contributed by atoms with Crippen LogP contribution >= 0.6 is 0 Å². The van der Waals surface area contributed by atoms with E-state index in [0.717, 1.165) is 11.6 Å². The Balaban J connectivity index is 1.82. The Morgan fingerprint density at radius 3 is 2.79 bits per heavy atom. The average molecular weight is 383 g/mol. The van der Waals surface area contributed by atoms with Gasteiger partial charge in [0, 0.05) is 18.3 Å². The molecule has 2 heterocycles. The number of benzene rings is 1. The number of aryl methyl sites for hydroxylation is 1. The number of carbonyl (C=O) groups is 1. The minimum Gasteiger partial charge on any atom is -0.487 e. The van der Waals surface area contributed by atoms with Gasteiger partial charge >= 0.3 is 11.7 Å². The van der Waals surface area contributed by atoms with Crippen LogP contribution in [0.15, 0.2) is 47.4 Å². The molecular formula is C19H17N3O6. The fourth-order valence-electron chi connectivity index (χ4n) is 2.67. The summed E-state index contributed by atoms with van der Waals surface area (Å²) in [6, 6.07) is 8.66. The standard InChI is InChI=1S/C19H17N3O6/c1-3-27-16-7-6-13(9-15(16)22(25)26)19(24)28-11-14-10-17(23)21-8-4-5-12(2)18(21)20-14/h4-10H,3,11H2,1-2H3. The van der Waals surface area contributed by atoms with Crippen molar-refractivity contribution in [1.29, 1.82) is 0 Å². The van der Waals surface area contributed by atoms with E-state index in [4.69, 9.17) is 9.47 Å². The Morgan fingerprint density at radius 1 is 1.29 bits per heavy atom. The number of aromatic nitrogens is 2. The van der Waals surface area contributed by atoms with Crippen molar-refractivity contribution >= 4 is 17.3 Å². The lowest BCUT2D eigenvalue weighted by Gasteiger charge is -2.08. The van der Waals surface area contributed by atoms with E-state index in [-0.39, 0.29) is 41.5 Å². The number of nitrogens with zero attached hydrogens (tertiary/aromatic N) is 3. The predicted molar refractivity (Wildman–Crippen MR) is 99.6 cm³/mol. The molecule has 2 aromatic heterocycles. The smallest absolute Gasteiger partial charge is 0.338 e. The number of nitro benzene ring substituents is 1. The number of hydrogen-bond acceptors (Lipinski definition) is 7. The lowest BCUT2D eigenvalue weighted by atomic mass is 10.2. The van der Waals surface area contributed by atoms with Crippen molar-refractivity contribution in [2.24, 2.45) is 0 Å². The number of carbonyl (C=O) groups excluding carboxylic acids is 1. The molecule has 144 valence electrons. The fraction of sp³-hybridized carbons (Fsp3) is 0.211. The van der Waals surface area contributed by atoms with Crippen LogP contribution in [0.2, 0.25) is 0 Å². The highest BCUT2D eigenvalue weighted by molar-refractivity contribution is 5.90. The number of hydrogen-bond donors (Lipinski definition) is 0. The van der Waals surface area contributed by atoms with Gasteiger partial charge in [0.2, 0.25) is 0 Å². The van der Waals surface area contributed by atoms with E-state index in [1.165, 1.54) is 22.6 Å². The Hall–Kier alpha value is -3.75. The lowest BCUT2D eigenvalue weighted by Crippen LogP contribution is -2.17. The maximum atomic E-state index is 12.3. The SMILES string of the molecule is CCOc1ccc(C(=O)OCc2cc(=O)n3cccc(C)c3n2)cc1[N+](=O)[O-]. The van der Waals surface area contributed by atoms with E-state index in [1.807, 2.05) is 13.0 Å². The van der Waals surface area contributed by atoms with Gasteiger partial charge in [0.1, 0.15) is 12.3 Å². The van der Waals surface area contributed by atoms with Crippen molar-refractivity contribution in [2.45, 2.75) is 20.5 Å². The number of nitro groups is 1. The molecule has 0 radical (unpaired) electrons. The van der Waals surface area contributed by atoms with Crippen LogP contribution in [0.1, 0.15) is 28.5 Å². The van der Waals surface area contributed by atoms with Gasteiger partial charge in [-0.05, 0) is 37.6 Å². The lowest BCUT2D eigenvalue weighted by molar-refractivity contribution is -0.385. The molecule has 0 unspecified atom stereocenters. The summed E-state index contributed by atoms with van der Waals surface area (Å²) in [7, 11) is 0. The van der Waals surface area contributed by atoms with Gasteiger partial charge in [0.05, 0.1) is 22.8 Å². The first-order valence-electron chi connectivity index (χ1n) is 8.47. The predicted octanol–water partition coefficient (Wildman–Crippen LogP) is 2.67. The molecule has 0 N–H and O–H groups in total. The normalized spacial score (nSPS) is 10.6. The number of esters is 1. The van der Waals surface area contributed by atoms with Crippen molar-refractivity contribution in [2.75, 3.05) is 6.61 Å². The second-order valence-electron chi connectivity index (χ2n) is 5.92. The highest BCUT2D eigenvalue weighted by atomic mass is 16.6.